The van der Waals surface area contributed by atoms with Gasteiger partial charge >= 0.3 is 0 Å². The molecule has 0 saturated carbocycles. The maximum atomic E-state index is 11.4. The second-order valence-electron chi connectivity index (χ2n) is 2.26. The van der Waals surface area contributed by atoms with E-state index in [1.54, 1.807) is 7.11 Å². The van der Waals surface area contributed by atoms with Gasteiger partial charge < -0.3 is 4.74 Å². The number of thiophene rings is 1. The average molecular weight is 249 g/mol. The number of hydrogen-bond donors (Lipinski definition) is 0. The maximum Gasteiger partial charge on any atom is 0.176 e. The predicted octanol–water partition coefficient (Wildman–Crippen LogP) is 2.73. The summed E-state index contributed by atoms with van der Waals surface area (Å²) in [6.07, 6.45) is 0.454. The minimum Gasteiger partial charge on any atom is -0.384 e. The second kappa shape index (κ2) is 4.74. The molecular formula is C8H9BrO2S. The number of carbonyl (C=O) groups is 1. The van der Waals surface area contributed by atoms with Crippen LogP contribution >= 0.6 is 27.3 Å². The Morgan fingerprint density at radius 2 is 2.50 bits per heavy atom. The molecule has 0 aliphatic rings. The molecule has 0 fully saturated rings. The summed E-state index contributed by atoms with van der Waals surface area (Å²) in [5, 5.41) is 1.89. The van der Waals surface area contributed by atoms with Crippen molar-refractivity contribution in [3.8, 4) is 0 Å². The fraction of sp³-hybridized carbons (Fsp3) is 0.375. The highest BCUT2D eigenvalue weighted by Crippen LogP contribution is 2.23. The monoisotopic (exact) mass is 248 g/mol. The van der Waals surface area contributed by atoms with Crippen LogP contribution in [0.1, 0.15) is 16.1 Å². The van der Waals surface area contributed by atoms with Crippen molar-refractivity contribution in [1.82, 2.24) is 0 Å². The van der Waals surface area contributed by atoms with Gasteiger partial charge in [0.1, 0.15) is 0 Å². The first kappa shape index (κ1) is 9.89. The Balaban J connectivity index is 2.59. The Morgan fingerprint density at radius 3 is 3.00 bits per heavy atom. The average Bonchev–Trinajstić information content (AvgIpc) is 2.47. The van der Waals surface area contributed by atoms with Gasteiger partial charge in [0, 0.05) is 18.0 Å². The van der Waals surface area contributed by atoms with Gasteiger partial charge in [-0.2, -0.15) is 0 Å². The molecule has 0 radical (unpaired) electrons. The molecule has 0 aliphatic heterocycles. The molecule has 0 amide bonds. The van der Waals surface area contributed by atoms with Gasteiger partial charge in [0.15, 0.2) is 5.78 Å². The molecule has 1 aromatic rings. The molecular weight excluding hydrogens is 240 g/mol. The number of ketones is 1. The van der Waals surface area contributed by atoms with Crippen molar-refractivity contribution in [2.24, 2.45) is 0 Å². The first-order valence-corrected chi connectivity index (χ1v) is 5.18. The summed E-state index contributed by atoms with van der Waals surface area (Å²) in [6.45, 7) is 0.489. The minimum absolute atomic E-state index is 0.138. The van der Waals surface area contributed by atoms with Crippen LogP contribution in [0.3, 0.4) is 0 Å². The third-order valence-corrected chi connectivity index (χ3v) is 3.28. The molecule has 0 atom stereocenters. The van der Waals surface area contributed by atoms with Crippen molar-refractivity contribution in [2.45, 2.75) is 6.42 Å². The number of carbonyl (C=O) groups excluding carboxylic acids is 1. The summed E-state index contributed by atoms with van der Waals surface area (Å²) in [6, 6.07) is 1.88. The second-order valence-corrected chi connectivity index (χ2v) is 4.03. The van der Waals surface area contributed by atoms with Gasteiger partial charge in [0.05, 0.1) is 11.5 Å². The van der Waals surface area contributed by atoms with Crippen LogP contribution < -0.4 is 0 Å². The Labute approximate surface area is 83.7 Å². The zero-order valence-electron chi connectivity index (χ0n) is 6.67. The van der Waals surface area contributed by atoms with E-state index in [1.165, 1.54) is 11.3 Å². The molecule has 0 bridgehead atoms. The van der Waals surface area contributed by atoms with Crippen LogP contribution in [0.15, 0.2) is 15.9 Å². The van der Waals surface area contributed by atoms with Crippen molar-refractivity contribution < 1.29 is 9.53 Å². The van der Waals surface area contributed by atoms with Gasteiger partial charge in [-0.05, 0) is 27.4 Å². The van der Waals surface area contributed by atoms with E-state index >= 15 is 0 Å². The van der Waals surface area contributed by atoms with Crippen molar-refractivity contribution in [1.29, 1.82) is 0 Å². The van der Waals surface area contributed by atoms with Crippen LogP contribution in [-0.4, -0.2) is 19.5 Å². The maximum absolute atomic E-state index is 11.4. The van der Waals surface area contributed by atoms with E-state index < -0.39 is 0 Å². The van der Waals surface area contributed by atoms with Gasteiger partial charge in [0.2, 0.25) is 0 Å². The largest absolute Gasteiger partial charge is 0.384 e. The molecule has 4 heteroatoms. The van der Waals surface area contributed by atoms with Crippen LogP contribution in [0.2, 0.25) is 0 Å². The Kier molecular flexibility index (Phi) is 3.91. The number of Topliss-reactive ketones (excluding diaryl/α,β-unsaturated/α-hetero) is 1. The number of rotatable bonds is 4. The minimum atomic E-state index is 0.138. The topological polar surface area (TPSA) is 26.3 Å². The van der Waals surface area contributed by atoms with Crippen molar-refractivity contribution in [3.05, 3.63) is 20.8 Å². The first-order valence-electron chi connectivity index (χ1n) is 3.51. The van der Waals surface area contributed by atoms with Crippen molar-refractivity contribution in [3.63, 3.8) is 0 Å². The SMILES string of the molecule is COCCC(=O)c1sccc1Br. The molecule has 1 rings (SSSR count). The number of halogens is 1. The molecule has 0 spiro atoms. The van der Waals surface area contributed by atoms with Gasteiger partial charge in [-0.3, -0.25) is 4.79 Å². The van der Waals surface area contributed by atoms with E-state index in [0.29, 0.717) is 13.0 Å². The summed E-state index contributed by atoms with van der Waals surface area (Å²) in [4.78, 5) is 12.2. The zero-order valence-corrected chi connectivity index (χ0v) is 9.07. The highest BCUT2D eigenvalue weighted by atomic mass is 79.9. The zero-order chi connectivity index (χ0) is 8.97. The standard InChI is InChI=1S/C8H9BrO2S/c1-11-4-2-7(10)8-6(9)3-5-12-8/h3,5H,2,4H2,1H3. The molecule has 12 heavy (non-hydrogen) atoms. The van der Waals surface area contributed by atoms with E-state index in [9.17, 15) is 4.79 Å². The fourth-order valence-electron chi connectivity index (χ4n) is 0.801. The van der Waals surface area contributed by atoms with Crippen LogP contribution in [0.4, 0.5) is 0 Å². The molecule has 0 saturated heterocycles. The third-order valence-electron chi connectivity index (χ3n) is 1.40. The van der Waals surface area contributed by atoms with E-state index in [0.717, 1.165) is 9.35 Å². The summed E-state index contributed by atoms with van der Waals surface area (Å²) in [5.41, 5.74) is 0. The number of methoxy groups -OCH3 is 1. The summed E-state index contributed by atoms with van der Waals surface area (Å²) in [5.74, 6) is 0.138. The molecule has 0 N–H and O–H groups in total. The van der Waals surface area contributed by atoms with E-state index in [-0.39, 0.29) is 5.78 Å². The van der Waals surface area contributed by atoms with Gasteiger partial charge in [0.25, 0.3) is 0 Å². The van der Waals surface area contributed by atoms with E-state index in [1.807, 2.05) is 11.4 Å². The lowest BCUT2D eigenvalue weighted by Crippen LogP contribution is -2.01. The smallest absolute Gasteiger partial charge is 0.176 e. The van der Waals surface area contributed by atoms with Crippen LogP contribution in [-0.2, 0) is 4.74 Å². The van der Waals surface area contributed by atoms with Crippen molar-refractivity contribution in [2.75, 3.05) is 13.7 Å². The molecule has 1 aromatic heterocycles. The van der Waals surface area contributed by atoms with Crippen LogP contribution in [0, 0.1) is 0 Å². The van der Waals surface area contributed by atoms with Crippen LogP contribution in [0.5, 0.6) is 0 Å². The van der Waals surface area contributed by atoms with Crippen LogP contribution in [0.25, 0.3) is 0 Å². The van der Waals surface area contributed by atoms with Gasteiger partial charge in [-0.25, -0.2) is 0 Å². The number of ether oxygens (including phenoxy) is 1. The lowest BCUT2D eigenvalue weighted by molar-refractivity contribution is 0.0935. The Morgan fingerprint density at radius 1 is 1.75 bits per heavy atom. The molecule has 0 aromatic carbocycles. The Hall–Kier alpha value is -0.190. The Bertz CT molecular complexity index is 270. The normalized spacial score (nSPS) is 10.2. The third kappa shape index (κ3) is 2.40. The van der Waals surface area contributed by atoms with Gasteiger partial charge in [-0.15, -0.1) is 11.3 Å². The highest BCUT2D eigenvalue weighted by molar-refractivity contribution is 9.10. The molecule has 1 heterocycles. The summed E-state index contributed by atoms with van der Waals surface area (Å²) < 4.78 is 5.70. The molecule has 2 nitrogen and oxygen atoms in total. The van der Waals surface area contributed by atoms with E-state index in [4.69, 9.17) is 4.74 Å². The lowest BCUT2D eigenvalue weighted by atomic mass is 10.2. The molecule has 0 aliphatic carbocycles. The lowest BCUT2D eigenvalue weighted by Gasteiger charge is -1.96. The quantitative estimate of drug-likeness (QED) is 0.767. The summed E-state index contributed by atoms with van der Waals surface area (Å²) in [7, 11) is 1.59. The fourth-order valence-corrected chi connectivity index (χ4v) is 2.36. The molecule has 66 valence electrons. The van der Waals surface area contributed by atoms with E-state index in [2.05, 4.69) is 15.9 Å². The van der Waals surface area contributed by atoms with Gasteiger partial charge in [-0.1, -0.05) is 0 Å². The summed E-state index contributed by atoms with van der Waals surface area (Å²) >= 11 is 4.76. The first-order chi connectivity index (χ1) is 5.75. The van der Waals surface area contributed by atoms with Crippen molar-refractivity contribution >= 4 is 33.0 Å². The highest BCUT2D eigenvalue weighted by Gasteiger charge is 2.10. The number of hydrogen-bond acceptors (Lipinski definition) is 3. The predicted molar refractivity (Wildman–Crippen MR) is 52.8 cm³/mol. The molecule has 0 unspecified atom stereocenters.